The quantitative estimate of drug-likeness (QED) is 0.0425. The average Bonchev–Trinajstić information content (AvgIpc) is 3.18. The van der Waals surface area contributed by atoms with Crippen molar-refractivity contribution in [2.45, 2.75) is 286 Å². The van der Waals surface area contributed by atoms with Gasteiger partial charge < -0.3 is 0 Å². The Labute approximate surface area is 348 Å². The van der Waals surface area contributed by atoms with Crippen LogP contribution in [0.25, 0.3) is 0 Å². The van der Waals surface area contributed by atoms with Crippen LogP contribution in [0.2, 0.25) is 0 Å². The maximum atomic E-state index is 2.39. The van der Waals surface area contributed by atoms with E-state index in [4.69, 9.17) is 0 Å². The van der Waals surface area contributed by atoms with Crippen LogP contribution in [-0.4, -0.2) is 49.3 Å². The van der Waals surface area contributed by atoms with E-state index in [1.165, 1.54) is 193 Å². The van der Waals surface area contributed by atoms with Gasteiger partial charge in [0.2, 0.25) is 0 Å². The molecule has 0 saturated carbocycles. The molecule has 54 heavy (non-hydrogen) atoms. The van der Waals surface area contributed by atoms with Gasteiger partial charge in [-0.15, -0.1) is 0 Å². The van der Waals surface area contributed by atoms with Crippen molar-refractivity contribution in [1.82, 2.24) is 0 Å². The first-order chi connectivity index (χ1) is 26.6. The first-order valence-corrected chi connectivity index (χ1v) is 31.3. The minimum atomic E-state index is -0.764. The fraction of sp³-hybridized carbons (Fsp3) is 1.00. The second-order valence-corrected chi connectivity index (χ2v) is 27.7. The number of hydrogen-bond donors (Lipinski definition) is 0. The lowest BCUT2D eigenvalue weighted by Gasteiger charge is -2.28. The van der Waals surface area contributed by atoms with Gasteiger partial charge in [-0.2, -0.15) is 0 Å². The molecule has 0 aromatic heterocycles. The summed E-state index contributed by atoms with van der Waals surface area (Å²) in [6.07, 6.45) is 69.8. The van der Waals surface area contributed by atoms with E-state index < -0.39 is 14.5 Å². The van der Waals surface area contributed by atoms with Crippen molar-refractivity contribution in [3.05, 3.63) is 0 Å². The van der Waals surface area contributed by atoms with Gasteiger partial charge in [0, 0.05) is 14.5 Å². The minimum Gasteiger partial charge on any atom is -0.0654 e. The lowest BCUT2D eigenvalue weighted by atomic mass is 10.1. The topological polar surface area (TPSA) is 0 Å². The first kappa shape index (κ1) is 54.9. The van der Waals surface area contributed by atoms with Crippen LogP contribution in [-0.2, 0) is 0 Å². The predicted octanol–water partition coefficient (Wildman–Crippen LogP) is 20.0. The second kappa shape index (κ2) is 43.4. The van der Waals surface area contributed by atoms with Crippen LogP contribution in [0.3, 0.4) is 0 Å². The molecule has 0 nitrogen and oxygen atoms in total. The molecule has 0 aromatic rings. The van der Waals surface area contributed by atoms with Gasteiger partial charge in [0.1, 0.15) is 0 Å². The lowest BCUT2D eigenvalue weighted by molar-refractivity contribution is 0.562. The summed E-state index contributed by atoms with van der Waals surface area (Å²) in [5.41, 5.74) is 0. The van der Waals surface area contributed by atoms with Crippen molar-refractivity contribution >= 4 is 14.5 Å². The second-order valence-electron chi connectivity index (χ2n) is 18.8. The molecule has 0 rings (SSSR count). The highest BCUT2D eigenvalue weighted by molar-refractivity contribution is 7.76. The standard InChI is InChI=1S/C52H110P2/c1-7-13-19-25-33-41-49-54(48-40-24-18-12-6,50-42-34-26-20-14-8-2)52-44-36-32-30-28-27-29-31-35-43-51-53(45-37-21-15-9-3,46-38-22-16-10-4)47-39-23-17-11-5/h7-52H2,1-6H3/q+2. The van der Waals surface area contributed by atoms with E-state index in [0.717, 1.165) is 0 Å². The van der Waals surface area contributed by atoms with Crippen molar-refractivity contribution in [3.8, 4) is 0 Å². The highest BCUT2D eigenvalue weighted by atomic mass is 31.2. The monoisotopic (exact) mass is 797 g/mol. The van der Waals surface area contributed by atoms with Crippen molar-refractivity contribution < 1.29 is 0 Å². The van der Waals surface area contributed by atoms with Crippen LogP contribution in [0.1, 0.15) is 286 Å². The molecular weight excluding hydrogens is 687 g/mol. The van der Waals surface area contributed by atoms with Crippen LogP contribution in [0.5, 0.6) is 0 Å². The molecule has 0 saturated heterocycles. The summed E-state index contributed by atoms with van der Waals surface area (Å²) in [4.78, 5) is 0. The Morgan fingerprint density at radius 3 is 0.407 bits per heavy atom. The fourth-order valence-corrected chi connectivity index (χ4v) is 19.4. The van der Waals surface area contributed by atoms with Crippen molar-refractivity contribution in [1.29, 1.82) is 0 Å². The Hall–Kier alpha value is 0.860. The van der Waals surface area contributed by atoms with Crippen molar-refractivity contribution in [2.75, 3.05) is 49.3 Å². The van der Waals surface area contributed by atoms with E-state index in [1.807, 2.05) is 0 Å². The van der Waals surface area contributed by atoms with E-state index in [-0.39, 0.29) is 0 Å². The highest BCUT2D eigenvalue weighted by Crippen LogP contribution is 2.62. The Kier molecular flexibility index (Phi) is 44.1. The van der Waals surface area contributed by atoms with E-state index >= 15 is 0 Å². The molecule has 0 aliphatic rings. The van der Waals surface area contributed by atoms with Gasteiger partial charge in [-0.25, -0.2) is 0 Å². The molecule has 0 unspecified atom stereocenters. The van der Waals surface area contributed by atoms with Gasteiger partial charge >= 0.3 is 0 Å². The van der Waals surface area contributed by atoms with Crippen LogP contribution in [0.4, 0.5) is 0 Å². The zero-order valence-corrected chi connectivity index (χ0v) is 41.2. The minimum absolute atomic E-state index is 0.739. The predicted molar refractivity (Wildman–Crippen MR) is 262 cm³/mol. The number of hydrogen-bond acceptors (Lipinski definition) is 0. The maximum absolute atomic E-state index is 2.39. The molecule has 0 bridgehead atoms. The largest absolute Gasteiger partial charge is 0.0654 e. The maximum Gasteiger partial charge on any atom is 0.0594 e. The van der Waals surface area contributed by atoms with Crippen molar-refractivity contribution in [2.24, 2.45) is 0 Å². The molecule has 0 spiro atoms. The van der Waals surface area contributed by atoms with E-state index in [1.54, 1.807) is 101 Å². The average molecular weight is 797 g/mol. The van der Waals surface area contributed by atoms with Gasteiger partial charge in [0.05, 0.1) is 49.3 Å². The fourth-order valence-electron chi connectivity index (χ4n) is 9.60. The third-order valence-electron chi connectivity index (χ3n) is 13.4. The molecular formula is C52H110P2+2. The van der Waals surface area contributed by atoms with E-state index in [9.17, 15) is 0 Å². The van der Waals surface area contributed by atoms with Crippen LogP contribution in [0, 0.1) is 0 Å². The molecule has 0 radical (unpaired) electrons. The van der Waals surface area contributed by atoms with Crippen LogP contribution < -0.4 is 0 Å². The van der Waals surface area contributed by atoms with Crippen LogP contribution in [0.15, 0.2) is 0 Å². The van der Waals surface area contributed by atoms with E-state index in [0.29, 0.717) is 0 Å². The molecule has 2 heteroatoms. The summed E-state index contributed by atoms with van der Waals surface area (Å²) in [7, 11) is -1.50. The molecule has 0 aromatic carbocycles. The van der Waals surface area contributed by atoms with Gasteiger partial charge in [0.15, 0.2) is 0 Å². The summed E-state index contributed by atoms with van der Waals surface area (Å²) in [6, 6.07) is 0. The van der Waals surface area contributed by atoms with E-state index in [2.05, 4.69) is 41.5 Å². The molecule has 0 heterocycles. The first-order valence-electron chi connectivity index (χ1n) is 26.3. The normalized spacial score (nSPS) is 12.3. The third-order valence-corrected chi connectivity index (χ3v) is 23.6. The summed E-state index contributed by atoms with van der Waals surface area (Å²) in [5, 5.41) is 0. The Bertz CT molecular complexity index is 641. The molecule has 0 atom stereocenters. The van der Waals surface area contributed by atoms with Gasteiger partial charge in [-0.1, -0.05) is 183 Å². The molecule has 0 aliphatic carbocycles. The zero-order valence-electron chi connectivity index (χ0n) is 39.4. The summed E-state index contributed by atoms with van der Waals surface area (Å²) >= 11 is 0. The lowest BCUT2D eigenvalue weighted by Crippen LogP contribution is -2.13. The Morgan fingerprint density at radius 2 is 0.259 bits per heavy atom. The van der Waals surface area contributed by atoms with Crippen molar-refractivity contribution in [3.63, 3.8) is 0 Å². The molecule has 326 valence electrons. The summed E-state index contributed by atoms with van der Waals surface area (Å²) < 4.78 is 0. The smallest absolute Gasteiger partial charge is 0.0594 e. The summed E-state index contributed by atoms with van der Waals surface area (Å²) in [5.74, 6) is 0. The number of rotatable bonds is 47. The molecule has 0 N–H and O–H groups in total. The molecule has 0 amide bonds. The third kappa shape index (κ3) is 34.9. The zero-order chi connectivity index (χ0) is 39.5. The van der Waals surface area contributed by atoms with Gasteiger partial charge in [0.25, 0.3) is 0 Å². The molecule has 0 aliphatic heterocycles. The van der Waals surface area contributed by atoms with Gasteiger partial charge in [-0.3, -0.25) is 0 Å². The summed E-state index contributed by atoms with van der Waals surface area (Å²) in [6.45, 7) is 14.3. The SMILES string of the molecule is CCCCCCCC[P+](CCCCCC)(CCCCCCCC)CCCCCCCCCCCC[P+](CCCCCC)(CCCCCC)CCCCCC. The van der Waals surface area contributed by atoms with Gasteiger partial charge in [-0.05, 0) is 103 Å². The van der Waals surface area contributed by atoms with Crippen LogP contribution >= 0.6 is 14.5 Å². The Balaban J connectivity index is 4.75. The molecule has 0 fully saturated rings. The highest BCUT2D eigenvalue weighted by Gasteiger charge is 2.36. The number of unbranched alkanes of at least 4 members (excludes halogenated alkanes) is 31. The Morgan fingerprint density at radius 1 is 0.148 bits per heavy atom.